The van der Waals surface area contributed by atoms with Crippen LogP contribution < -0.4 is 25.3 Å². The third-order valence-corrected chi connectivity index (χ3v) is 11.1. The van der Waals surface area contributed by atoms with Gasteiger partial charge in [0.25, 0.3) is 0 Å². The average molecular weight is 797 g/mol. The van der Waals surface area contributed by atoms with Crippen LogP contribution in [0.5, 0.6) is 0 Å². The van der Waals surface area contributed by atoms with Crippen LogP contribution in [0.4, 0.5) is 27.5 Å². The smallest absolute Gasteiger partial charge is 0.415 e. The van der Waals surface area contributed by atoms with Crippen molar-refractivity contribution >= 4 is 40.7 Å². The number of hydrogen-bond acceptors (Lipinski definition) is 8. The highest BCUT2D eigenvalue weighted by atomic mass is 16.6. The third-order valence-electron chi connectivity index (χ3n) is 11.1. The van der Waals surface area contributed by atoms with Gasteiger partial charge in [-0.1, -0.05) is 67.6 Å². The first-order chi connectivity index (χ1) is 28.3. The molecule has 4 aromatic carbocycles. The quantitative estimate of drug-likeness (QED) is 0.136. The maximum Gasteiger partial charge on any atom is 0.415 e. The summed E-state index contributed by atoms with van der Waals surface area (Å²) in [6.45, 7) is 14.6. The average Bonchev–Trinajstić information content (AvgIpc) is 3.69. The van der Waals surface area contributed by atoms with E-state index in [4.69, 9.17) is 4.74 Å². The number of aromatic nitrogens is 3. The minimum absolute atomic E-state index is 0.0608. The third kappa shape index (κ3) is 9.02. The number of carbonyl (C=O) groups is 3. The summed E-state index contributed by atoms with van der Waals surface area (Å²) < 4.78 is 7.73. The lowest BCUT2D eigenvalue weighted by atomic mass is 9.90. The van der Waals surface area contributed by atoms with Crippen LogP contribution in [0.15, 0.2) is 103 Å². The highest BCUT2D eigenvalue weighted by molar-refractivity contribution is 5.97. The summed E-state index contributed by atoms with van der Waals surface area (Å²) in [5.41, 5.74) is 7.64. The van der Waals surface area contributed by atoms with Gasteiger partial charge in [-0.3, -0.25) is 14.5 Å². The molecule has 0 bridgehead atoms. The molecular formula is C47H56N8O4. The maximum atomic E-state index is 13.9. The molecular weight excluding hydrogens is 741 g/mol. The number of ether oxygens (including phenoxy) is 1. The van der Waals surface area contributed by atoms with E-state index in [0.29, 0.717) is 32.4 Å². The monoisotopic (exact) mass is 796 g/mol. The molecule has 0 fully saturated rings. The van der Waals surface area contributed by atoms with Crippen molar-refractivity contribution in [3.8, 4) is 5.69 Å². The molecule has 59 heavy (non-hydrogen) atoms. The number of benzene rings is 4. The molecule has 0 unspecified atom stereocenters. The summed E-state index contributed by atoms with van der Waals surface area (Å²) >= 11 is 0. The number of nitrogens with one attached hydrogen (secondary N) is 2. The van der Waals surface area contributed by atoms with Gasteiger partial charge in [0.15, 0.2) is 0 Å². The highest BCUT2D eigenvalue weighted by Gasteiger charge is 2.40. The molecule has 7 rings (SSSR count). The van der Waals surface area contributed by atoms with Crippen molar-refractivity contribution in [3.05, 3.63) is 126 Å². The summed E-state index contributed by atoms with van der Waals surface area (Å²) in [5, 5.41) is 16.0. The lowest BCUT2D eigenvalue weighted by molar-refractivity contribution is -0.119. The first-order valence-electron chi connectivity index (χ1n) is 20.8. The van der Waals surface area contributed by atoms with Gasteiger partial charge in [0.1, 0.15) is 5.60 Å². The van der Waals surface area contributed by atoms with Gasteiger partial charge in [0, 0.05) is 60.8 Å². The molecule has 12 heteroatoms. The molecule has 1 aromatic heterocycles. The molecule has 0 aliphatic carbocycles. The van der Waals surface area contributed by atoms with Gasteiger partial charge in [0.2, 0.25) is 11.8 Å². The first kappa shape index (κ1) is 41.2. The summed E-state index contributed by atoms with van der Waals surface area (Å²) in [5.74, 6) is 0.204. The molecule has 2 aliphatic heterocycles. The highest BCUT2D eigenvalue weighted by Crippen LogP contribution is 2.43. The second kappa shape index (κ2) is 17.5. The molecule has 308 valence electrons. The standard InChI is InChI=1S/C47H56N8O4/c1-8-44(56)53-31(3)26-40(38-14-10-12-16-41(38)53)49-34-20-24-36(25-21-34)52-30-35(50-51-52)29-48-28-33-18-22-37(23-19-33)55(46(58)59-47(5,6)7)43-27-32(4)54(45(57)9-2)42-17-13-11-15-39(42)43/h10-25,30-32,40,43,48-49H,8-9,26-29H2,1-7H3/t31-,32-,40+,43+/m0/s1. The van der Waals surface area contributed by atoms with Gasteiger partial charge in [-0.15, -0.1) is 5.10 Å². The molecule has 0 spiro atoms. The minimum atomic E-state index is -0.686. The number of hydrogen-bond donors (Lipinski definition) is 2. The van der Waals surface area contributed by atoms with Gasteiger partial charge in [-0.25, -0.2) is 9.48 Å². The fourth-order valence-corrected chi connectivity index (χ4v) is 8.33. The van der Waals surface area contributed by atoms with E-state index in [1.165, 1.54) is 0 Å². The van der Waals surface area contributed by atoms with Gasteiger partial charge in [-0.05, 0) is 113 Å². The Balaban J connectivity index is 0.990. The van der Waals surface area contributed by atoms with Crippen LogP contribution in [0.25, 0.3) is 5.69 Å². The Kier molecular flexibility index (Phi) is 12.2. The van der Waals surface area contributed by atoms with Gasteiger partial charge in [-0.2, -0.15) is 0 Å². The number of nitrogens with zero attached hydrogens (tertiary/aromatic N) is 6. The summed E-state index contributed by atoms with van der Waals surface area (Å²) in [6.07, 6.45) is 3.76. The molecule has 3 amide bonds. The van der Waals surface area contributed by atoms with Crippen LogP contribution in [0.2, 0.25) is 0 Å². The maximum absolute atomic E-state index is 13.9. The zero-order valence-electron chi connectivity index (χ0n) is 35.2. The summed E-state index contributed by atoms with van der Waals surface area (Å²) in [7, 11) is 0. The van der Waals surface area contributed by atoms with E-state index in [2.05, 4.69) is 46.1 Å². The van der Waals surface area contributed by atoms with Crippen molar-refractivity contribution in [2.45, 2.75) is 117 Å². The fraction of sp³-hybridized carbons (Fsp3) is 0.383. The predicted octanol–water partition coefficient (Wildman–Crippen LogP) is 9.26. The molecule has 0 saturated heterocycles. The molecule has 2 aliphatic rings. The SMILES string of the molecule is CCC(=O)N1c2ccccc2[C@H](N(C(=O)OC(C)(C)C)c2ccc(CNCc3cn(-c4ccc(N[C@@H]5C[C@H](C)N(C(=O)CC)c6ccccc65)cc4)nn3)cc2)C[C@@H]1C. The van der Waals surface area contributed by atoms with E-state index in [1.807, 2.05) is 136 Å². The Labute approximate surface area is 347 Å². The number of amides is 3. The number of anilines is 4. The molecule has 5 aromatic rings. The molecule has 0 saturated carbocycles. The van der Waals surface area contributed by atoms with Crippen molar-refractivity contribution in [1.82, 2.24) is 20.3 Å². The predicted molar refractivity (Wildman–Crippen MR) is 233 cm³/mol. The van der Waals surface area contributed by atoms with Crippen LogP contribution in [-0.2, 0) is 27.4 Å². The Morgan fingerprint density at radius 2 is 1.36 bits per heavy atom. The van der Waals surface area contributed by atoms with E-state index < -0.39 is 11.7 Å². The van der Waals surface area contributed by atoms with Crippen molar-refractivity contribution in [2.75, 3.05) is 20.0 Å². The summed E-state index contributed by atoms with van der Waals surface area (Å²) in [6, 6.07) is 31.9. The normalized spacial score (nSPS) is 18.8. The van der Waals surface area contributed by atoms with Crippen molar-refractivity contribution in [1.29, 1.82) is 0 Å². The topological polar surface area (TPSA) is 125 Å². The molecule has 2 N–H and O–H groups in total. The largest absolute Gasteiger partial charge is 0.443 e. The Morgan fingerprint density at radius 3 is 1.98 bits per heavy atom. The molecule has 12 nitrogen and oxygen atoms in total. The van der Waals surface area contributed by atoms with Crippen LogP contribution in [0.3, 0.4) is 0 Å². The lowest BCUT2D eigenvalue weighted by Gasteiger charge is -2.43. The van der Waals surface area contributed by atoms with E-state index in [1.54, 1.807) is 9.58 Å². The fourth-order valence-electron chi connectivity index (χ4n) is 8.33. The van der Waals surface area contributed by atoms with Gasteiger partial charge in [0.05, 0.1) is 29.7 Å². The van der Waals surface area contributed by atoms with E-state index in [-0.39, 0.29) is 36.0 Å². The Bertz CT molecular complexity index is 2260. The molecule has 4 atom stereocenters. The van der Waals surface area contributed by atoms with Crippen molar-refractivity contribution < 1.29 is 19.1 Å². The van der Waals surface area contributed by atoms with Gasteiger partial charge >= 0.3 is 6.09 Å². The van der Waals surface area contributed by atoms with Crippen molar-refractivity contribution in [2.24, 2.45) is 0 Å². The number of para-hydroxylation sites is 2. The van der Waals surface area contributed by atoms with Crippen LogP contribution in [-0.4, -0.2) is 50.6 Å². The van der Waals surface area contributed by atoms with Crippen LogP contribution >= 0.6 is 0 Å². The van der Waals surface area contributed by atoms with E-state index >= 15 is 0 Å². The Hall–Kier alpha value is -6.01. The zero-order chi connectivity index (χ0) is 41.8. The Morgan fingerprint density at radius 1 is 0.763 bits per heavy atom. The minimum Gasteiger partial charge on any atom is -0.443 e. The second-order valence-corrected chi connectivity index (χ2v) is 16.6. The number of rotatable bonds is 11. The van der Waals surface area contributed by atoms with Crippen molar-refractivity contribution in [3.63, 3.8) is 0 Å². The van der Waals surface area contributed by atoms with Crippen LogP contribution in [0.1, 0.15) is 109 Å². The lowest BCUT2D eigenvalue weighted by Crippen LogP contribution is -2.48. The summed E-state index contributed by atoms with van der Waals surface area (Å²) in [4.78, 5) is 45.3. The number of carbonyl (C=O) groups excluding carboxylic acids is 3. The van der Waals surface area contributed by atoms with E-state index in [0.717, 1.165) is 57.2 Å². The first-order valence-corrected chi connectivity index (χ1v) is 20.8. The zero-order valence-corrected chi connectivity index (χ0v) is 35.2. The molecule has 3 heterocycles. The number of fused-ring (bicyclic) bond motifs is 2. The van der Waals surface area contributed by atoms with E-state index in [9.17, 15) is 14.4 Å². The molecule has 0 radical (unpaired) electrons. The van der Waals surface area contributed by atoms with Crippen LogP contribution in [0, 0.1) is 0 Å². The second-order valence-electron chi connectivity index (χ2n) is 16.6. The van der Waals surface area contributed by atoms with Gasteiger partial charge < -0.3 is 25.2 Å².